The quantitative estimate of drug-likeness (QED) is 0.609. The van der Waals surface area contributed by atoms with Gasteiger partial charge in [-0.25, -0.2) is 8.42 Å². The fourth-order valence-corrected chi connectivity index (χ4v) is 4.67. The van der Waals surface area contributed by atoms with Crippen molar-refractivity contribution in [3.05, 3.63) is 40.5 Å². The summed E-state index contributed by atoms with van der Waals surface area (Å²) in [5.74, 6) is -0.514. The number of thioether (sulfide) groups is 1. The smallest absolute Gasteiger partial charge is 0.266 e. The Balaban J connectivity index is 1.63. The first-order chi connectivity index (χ1) is 11.3. The average molecular weight is 384 g/mol. The van der Waals surface area contributed by atoms with Crippen molar-refractivity contribution in [2.24, 2.45) is 0 Å². The molecule has 1 atom stereocenters. The number of thiocarbonyl (C=S) groups is 1. The number of hydrogen-bond donors (Lipinski definition) is 1. The van der Waals surface area contributed by atoms with Gasteiger partial charge in [-0.1, -0.05) is 24.0 Å². The molecule has 3 heterocycles. The summed E-state index contributed by atoms with van der Waals surface area (Å²) in [6.07, 6.45) is 4.46. The number of carbonyl (C=O) groups excluding carboxylic acids is 2. The van der Waals surface area contributed by atoms with Crippen molar-refractivity contribution in [3.63, 3.8) is 0 Å². The predicted octanol–water partition coefficient (Wildman–Crippen LogP) is 0.908. The van der Waals surface area contributed by atoms with Crippen molar-refractivity contribution >= 4 is 56.0 Å². The van der Waals surface area contributed by atoms with Gasteiger partial charge >= 0.3 is 0 Å². The summed E-state index contributed by atoms with van der Waals surface area (Å²) in [7, 11) is -3.25. The second kappa shape index (κ2) is 6.54. The molecule has 0 saturated carbocycles. The zero-order valence-corrected chi connectivity index (χ0v) is 14.6. The third-order valence-corrected chi connectivity index (χ3v) is 6.04. The molecule has 1 N–H and O–H groups in total. The molecule has 2 amide bonds. The second-order valence-electron chi connectivity index (χ2n) is 5.12. The Labute approximate surface area is 147 Å². The minimum atomic E-state index is -3.25. The van der Waals surface area contributed by atoms with Crippen LogP contribution in [0.3, 0.4) is 0 Å². The molecule has 3 rings (SSSR count). The van der Waals surface area contributed by atoms with E-state index in [4.69, 9.17) is 16.6 Å². The summed E-state index contributed by atoms with van der Waals surface area (Å²) >= 11 is 6.22. The van der Waals surface area contributed by atoms with Gasteiger partial charge in [0.25, 0.3) is 5.91 Å². The standard InChI is InChI=1S/C14H12N2O5S3/c17-12(15-9-3-5-24(19,20)8-9)7-16-13(18)11(23-14(16)22)6-10-2-1-4-21-10/h1-6,9H,7-8H2,(H,15,17)/b11-6+/t9-/m1/s1. The molecule has 2 aliphatic heterocycles. The van der Waals surface area contributed by atoms with Gasteiger partial charge in [0.2, 0.25) is 5.91 Å². The molecule has 2 aliphatic rings. The van der Waals surface area contributed by atoms with E-state index in [0.717, 1.165) is 17.2 Å². The molecule has 1 aromatic heterocycles. The molecular formula is C14H12N2O5S3. The van der Waals surface area contributed by atoms with Crippen LogP contribution >= 0.6 is 24.0 Å². The summed E-state index contributed by atoms with van der Waals surface area (Å²) in [4.78, 5) is 25.9. The summed E-state index contributed by atoms with van der Waals surface area (Å²) in [6.45, 7) is -0.259. The molecule has 10 heteroatoms. The molecule has 0 aromatic carbocycles. The van der Waals surface area contributed by atoms with Gasteiger partial charge in [0.05, 0.1) is 23.0 Å². The Bertz CT molecular complexity index is 855. The van der Waals surface area contributed by atoms with Gasteiger partial charge in [-0.3, -0.25) is 14.5 Å². The fraction of sp³-hybridized carbons (Fsp3) is 0.214. The van der Waals surface area contributed by atoms with E-state index in [2.05, 4.69) is 5.32 Å². The van der Waals surface area contributed by atoms with Crippen molar-refractivity contribution in [2.75, 3.05) is 12.3 Å². The van der Waals surface area contributed by atoms with Crippen LogP contribution in [0, 0.1) is 0 Å². The van der Waals surface area contributed by atoms with Crippen LogP contribution in [-0.4, -0.2) is 47.8 Å². The second-order valence-corrected chi connectivity index (χ2v) is 8.72. The number of hydrogen-bond acceptors (Lipinski definition) is 7. The van der Waals surface area contributed by atoms with E-state index >= 15 is 0 Å². The maximum atomic E-state index is 12.3. The Morgan fingerprint density at radius 3 is 2.96 bits per heavy atom. The molecular weight excluding hydrogens is 372 g/mol. The first-order valence-corrected chi connectivity index (χ1v) is 9.77. The van der Waals surface area contributed by atoms with E-state index < -0.39 is 21.8 Å². The lowest BCUT2D eigenvalue weighted by atomic mass is 10.3. The molecule has 0 unspecified atom stereocenters. The number of rotatable bonds is 4. The summed E-state index contributed by atoms with van der Waals surface area (Å²) in [6, 6.07) is 2.81. The van der Waals surface area contributed by atoms with Crippen molar-refractivity contribution in [2.45, 2.75) is 6.04 Å². The van der Waals surface area contributed by atoms with Gasteiger partial charge in [-0.2, -0.15) is 0 Å². The molecule has 0 spiro atoms. The number of nitrogens with zero attached hydrogens (tertiary/aromatic N) is 1. The van der Waals surface area contributed by atoms with E-state index in [9.17, 15) is 18.0 Å². The number of carbonyl (C=O) groups is 2. The SMILES string of the molecule is O=C(CN1C(=O)/C(=C\c2ccco2)SC1=S)N[C@@H]1C=CS(=O)(=O)C1. The van der Waals surface area contributed by atoms with Crippen molar-refractivity contribution in [1.82, 2.24) is 10.2 Å². The van der Waals surface area contributed by atoms with Gasteiger partial charge in [0, 0.05) is 11.5 Å². The van der Waals surface area contributed by atoms with Crippen LogP contribution in [0.5, 0.6) is 0 Å². The molecule has 1 fully saturated rings. The van der Waals surface area contributed by atoms with Crippen LogP contribution in [0.25, 0.3) is 6.08 Å². The lowest BCUT2D eigenvalue weighted by Gasteiger charge is -2.16. The first kappa shape index (κ1) is 16.9. The van der Waals surface area contributed by atoms with E-state index in [1.165, 1.54) is 17.2 Å². The van der Waals surface area contributed by atoms with E-state index in [1.54, 1.807) is 18.2 Å². The number of nitrogens with one attached hydrogen (secondary N) is 1. The summed E-state index contributed by atoms with van der Waals surface area (Å²) < 4.78 is 28.1. The van der Waals surface area contributed by atoms with Crippen molar-refractivity contribution in [1.29, 1.82) is 0 Å². The molecule has 1 saturated heterocycles. The van der Waals surface area contributed by atoms with Gasteiger partial charge in [0.1, 0.15) is 16.6 Å². The van der Waals surface area contributed by atoms with Crippen LogP contribution in [0.1, 0.15) is 5.76 Å². The number of sulfone groups is 1. The molecule has 1 aromatic rings. The highest BCUT2D eigenvalue weighted by molar-refractivity contribution is 8.26. The molecule has 0 radical (unpaired) electrons. The lowest BCUT2D eigenvalue weighted by molar-refractivity contribution is -0.128. The van der Waals surface area contributed by atoms with Crippen LogP contribution in [0.4, 0.5) is 0 Å². The van der Waals surface area contributed by atoms with Crippen LogP contribution < -0.4 is 5.32 Å². The Kier molecular flexibility index (Phi) is 4.61. The average Bonchev–Trinajstić information content (AvgIpc) is 3.17. The van der Waals surface area contributed by atoms with Crippen LogP contribution in [0.15, 0.2) is 39.2 Å². The van der Waals surface area contributed by atoms with Crippen molar-refractivity contribution < 1.29 is 22.4 Å². The zero-order valence-electron chi connectivity index (χ0n) is 12.2. The predicted molar refractivity (Wildman–Crippen MR) is 93.4 cm³/mol. The molecule has 126 valence electrons. The third kappa shape index (κ3) is 3.77. The molecule has 7 nitrogen and oxygen atoms in total. The fourth-order valence-electron chi connectivity index (χ4n) is 2.20. The highest BCUT2D eigenvalue weighted by Crippen LogP contribution is 2.32. The van der Waals surface area contributed by atoms with E-state index in [-0.39, 0.29) is 22.5 Å². The minimum absolute atomic E-state index is 0.171. The normalized spacial score (nSPS) is 24.1. The highest BCUT2D eigenvalue weighted by atomic mass is 32.2. The summed E-state index contributed by atoms with van der Waals surface area (Å²) in [5, 5.41) is 3.63. The minimum Gasteiger partial charge on any atom is -0.465 e. The monoisotopic (exact) mass is 384 g/mol. The maximum Gasteiger partial charge on any atom is 0.266 e. The van der Waals surface area contributed by atoms with Crippen molar-refractivity contribution in [3.8, 4) is 0 Å². The van der Waals surface area contributed by atoms with Gasteiger partial charge < -0.3 is 9.73 Å². The van der Waals surface area contributed by atoms with E-state index in [0.29, 0.717) is 10.7 Å². The molecule has 0 aliphatic carbocycles. The molecule has 0 bridgehead atoms. The topological polar surface area (TPSA) is 96.7 Å². The molecule has 24 heavy (non-hydrogen) atoms. The van der Waals surface area contributed by atoms with Gasteiger partial charge in [-0.15, -0.1) is 0 Å². The Hall–Kier alpha value is -1.91. The largest absolute Gasteiger partial charge is 0.465 e. The highest BCUT2D eigenvalue weighted by Gasteiger charge is 2.34. The third-order valence-electron chi connectivity index (χ3n) is 3.27. The first-order valence-electron chi connectivity index (χ1n) is 6.83. The zero-order chi connectivity index (χ0) is 17.3. The maximum absolute atomic E-state index is 12.3. The summed E-state index contributed by atoms with van der Waals surface area (Å²) in [5.41, 5.74) is 0. The Morgan fingerprint density at radius 2 is 2.33 bits per heavy atom. The van der Waals surface area contributed by atoms with E-state index in [1.807, 2.05) is 0 Å². The van der Waals surface area contributed by atoms with Gasteiger partial charge in [0.15, 0.2) is 9.84 Å². The van der Waals surface area contributed by atoms with Gasteiger partial charge in [-0.05, 0) is 18.2 Å². The number of amides is 2. The Morgan fingerprint density at radius 1 is 1.54 bits per heavy atom. The lowest BCUT2D eigenvalue weighted by Crippen LogP contribution is -2.43. The number of furan rings is 1. The van der Waals surface area contributed by atoms with Crippen LogP contribution in [-0.2, 0) is 19.4 Å². The van der Waals surface area contributed by atoms with Crippen LogP contribution in [0.2, 0.25) is 0 Å².